The molecule has 0 aromatic heterocycles. The molecule has 0 radical (unpaired) electrons. The van der Waals surface area contributed by atoms with Gasteiger partial charge in [-0.05, 0) is 48.9 Å². The summed E-state index contributed by atoms with van der Waals surface area (Å²) in [5.74, 6) is -0.942. The minimum absolute atomic E-state index is 0.0956. The van der Waals surface area contributed by atoms with Crippen LogP contribution < -0.4 is 10.0 Å². The smallest absolute Gasteiger partial charge is 0.261 e. The molecule has 1 amide bonds. The second kappa shape index (κ2) is 8.22. The summed E-state index contributed by atoms with van der Waals surface area (Å²) >= 11 is 0. The van der Waals surface area contributed by atoms with Gasteiger partial charge in [0.05, 0.1) is 22.2 Å². The standard InChI is InChI=1S/C21H19FN2O3S/c1-15(16-7-3-2-4-8-16)23-21(25)19-9-5-6-10-20(19)24-28(26,27)18-13-11-17(22)12-14-18/h2-15,24H,1H3,(H,23,25). The van der Waals surface area contributed by atoms with E-state index in [1.54, 1.807) is 12.1 Å². The summed E-state index contributed by atoms with van der Waals surface area (Å²) in [6.45, 7) is 1.85. The predicted molar refractivity (Wildman–Crippen MR) is 106 cm³/mol. The summed E-state index contributed by atoms with van der Waals surface area (Å²) in [5.41, 5.74) is 1.26. The van der Waals surface area contributed by atoms with Gasteiger partial charge in [0, 0.05) is 0 Å². The zero-order valence-corrected chi connectivity index (χ0v) is 15.9. The van der Waals surface area contributed by atoms with Crippen molar-refractivity contribution in [2.45, 2.75) is 17.9 Å². The average molecular weight is 398 g/mol. The minimum Gasteiger partial charge on any atom is -0.345 e. The number of sulfonamides is 1. The maximum Gasteiger partial charge on any atom is 0.261 e. The van der Waals surface area contributed by atoms with Crippen molar-refractivity contribution in [3.63, 3.8) is 0 Å². The molecule has 0 aliphatic heterocycles. The second-order valence-corrected chi connectivity index (χ2v) is 7.89. The highest BCUT2D eigenvalue weighted by molar-refractivity contribution is 7.92. The van der Waals surface area contributed by atoms with Gasteiger partial charge in [-0.15, -0.1) is 0 Å². The molecule has 0 aliphatic carbocycles. The normalized spacial score (nSPS) is 12.2. The van der Waals surface area contributed by atoms with Crippen LogP contribution in [0.15, 0.2) is 83.8 Å². The number of rotatable bonds is 6. The van der Waals surface area contributed by atoms with Gasteiger partial charge < -0.3 is 5.32 Å². The fourth-order valence-electron chi connectivity index (χ4n) is 2.69. The van der Waals surface area contributed by atoms with Crippen LogP contribution in [-0.4, -0.2) is 14.3 Å². The third-order valence-corrected chi connectivity index (χ3v) is 5.57. The number of amides is 1. The predicted octanol–water partition coefficient (Wildman–Crippen LogP) is 4.12. The Morgan fingerprint density at radius 3 is 2.18 bits per heavy atom. The van der Waals surface area contributed by atoms with Gasteiger partial charge in [0.2, 0.25) is 0 Å². The van der Waals surface area contributed by atoms with Crippen LogP contribution in [0.5, 0.6) is 0 Å². The number of carbonyl (C=O) groups excluding carboxylic acids is 1. The van der Waals surface area contributed by atoms with Crippen molar-refractivity contribution >= 4 is 21.6 Å². The van der Waals surface area contributed by atoms with E-state index in [0.717, 1.165) is 29.8 Å². The Balaban J connectivity index is 1.83. The number of carbonyl (C=O) groups is 1. The van der Waals surface area contributed by atoms with E-state index >= 15 is 0 Å². The largest absolute Gasteiger partial charge is 0.345 e. The Hall–Kier alpha value is -3.19. The first kappa shape index (κ1) is 19.6. The number of nitrogens with one attached hydrogen (secondary N) is 2. The van der Waals surface area contributed by atoms with E-state index in [2.05, 4.69) is 10.0 Å². The highest BCUT2D eigenvalue weighted by Gasteiger charge is 2.19. The van der Waals surface area contributed by atoms with Gasteiger partial charge in [-0.1, -0.05) is 42.5 Å². The molecule has 7 heteroatoms. The van der Waals surface area contributed by atoms with E-state index in [9.17, 15) is 17.6 Å². The molecule has 0 saturated carbocycles. The molecule has 3 rings (SSSR count). The van der Waals surface area contributed by atoms with E-state index in [1.807, 2.05) is 37.3 Å². The molecule has 3 aromatic carbocycles. The van der Waals surface area contributed by atoms with E-state index in [4.69, 9.17) is 0 Å². The van der Waals surface area contributed by atoms with Crippen molar-refractivity contribution in [2.24, 2.45) is 0 Å². The first-order chi connectivity index (χ1) is 13.4. The van der Waals surface area contributed by atoms with Crippen LogP contribution in [0.25, 0.3) is 0 Å². The molecule has 144 valence electrons. The summed E-state index contributed by atoms with van der Waals surface area (Å²) in [7, 11) is -3.96. The quantitative estimate of drug-likeness (QED) is 0.656. The molecule has 28 heavy (non-hydrogen) atoms. The zero-order chi connectivity index (χ0) is 20.1. The summed E-state index contributed by atoms with van der Waals surface area (Å²) in [4.78, 5) is 12.6. The fourth-order valence-corrected chi connectivity index (χ4v) is 3.77. The minimum atomic E-state index is -3.96. The van der Waals surface area contributed by atoms with Gasteiger partial charge in [-0.2, -0.15) is 0 Å². The summed E-state index contributed by atoms with van der Waals surface area (Å²) in [6, 6.07) is 20.0. The molecule has 0 saturated heterocycles. The Bertz CT molecular complexity index is 1070. The van der Waals surface area contributed by atoms with Gasteiger partial charge in [-0.3, -0.25) is 9.52 Å². The number of hydrogen-bond donors (Lipinski definition) is 2. The Kier molecular flexibility index (Phi) is 5.75. The molecule has 0 bridgehead atoms. The summed E-state index contributed by atoms with van der Waals surface area (Å²) in [6.07, 6.45) is 0. The van der Waals surface area contributed by atoms with Gasteiger partial charge in [-0.25, -0.2) is 12.8 Å². The molecule has 0 spiro atoms. The summed E-state index contributed by atoms with van der Waals surface area (Å²) in [5, 5.41) is 2.86. The van der Waals surface area contributed by atoms with Gasteiger partial charge in [0.25, 0.3) is 15.9 Å². The van der Waals surface area contributed by atoms with Crippen molar-refractivity contribution in [2.75, 3.05) is 4.72 Å². The number of benzene rings is 3. The maximum atomic E-state index is 13.1. The van der Waals surface area contributed by atoms with Crippen LogP contribution in [0.4, 0.5) is 10.1 Å². The van der Waals surface area contributed by atoms with Crippen molar-refractivity contribution < 1.29 is 17.6 Å². The molecule has 2 N–H and O–H groups in total. The average Bonchev–Trinajstić information content (AvgIpc) is 2.69. The van der Waals surface area contributed by atoms with Crippen LogP contribution in [0.1, 0.15) is 28.9 Å². The molecule has 0 heterocycles. The fraction of sp³-hybridized carbons (Fsp3) is 0.0952. The van der Waals surface area contributed by atoms with Crippen molar-refractivity contribution in [1.29, 1.82) is 0 Å². The van der Waals surface area contributed by atoms with Crippen LogP contribution in [0.2, 0.25) is 0 Å². The molecule has 5 nitrogen and oxygen atoms in total. The van der Waals surface area contributed by atoms with Crippen LogP contribution in [0.3, 0.4) is 0 Å². The van der Waals surface area contributed by atoms with Crippen molar-refractivity contribution in [1.82, 2.24) is 5.32 Å². The van der Waals surface area contributed by atoms with Crippen LogP contribution >= 0.6 is 0 Å². The van der Waals surface area contributed by atoms with Crippen molar-refractivity contribution in [3.8, 4) is 0 Å². The van der Waals surface area contributed by atoms with E-state index in [0.29, 0.717) is 0 Å². The lowest BCUT2D eigenvalue weighted by Crippen LogP contribution is -2.28. The molecular formula is C21H19FN2O3S. The van der Waals surface area contributed by atoms with Gasteiger partial charge in [0.15, 0.2) is 0 Å². The molecular weight excluding hydrogens is 379 g/mol. The Labute approximate surface area is 163 Å². The van der Waals surface area contributed by atoms with E-state index in [-0.39, 0.29) is 22.2 Å². The first-order valence-corrected chi connectivity index (χ1v) is 10.1. The third kappa shape index (κ3) is 4.55. The van der Waals surface area contributed by atoms with Crippen molar-refractivity contribution in [3.05, 3.63) is 95.8 Å². The lowest BCUT2D eigenvalue weighted by Gasteiger charge is -2.17. The molecule has 3 aromatic rings. The number of hydrogen-bond acceptors (Lipinski definition) is 3. The highest BCUT2D eigenvalue weighted by atomic mass is 32.2. The number of anilines is 1. The van der Waals surface area contributed by atoms with E-state index < -0.39 is 21.7 Å². The SMILES string of the molecule is CC(NC(=O)c1ccccc1NS(=O)(=O)c1ccc(F)cc1)c1ccccc1. The van der Waals surface area contributed by atoms with E-state index in [1.165, 1.54) is 12.1 Å². The Morgan fingerprint density at radius 1 is 0.893 bits per heavy atom. The monoisotopic (exact) mass is 398 g/mol. The first-order valence-electron chi connectivity index (χ1n) is 8.60. The zero-order valence-electron chi connectivity index (χ0n) is 15.1. The van der Waals surface area contributed by atoms with Gasteiger partial charge in [0.1, 0.15) is 5.82 Å². The topological polar surface area (TPSA) is 75.3 Å². The molecule has 1 atom stereocenters. The van der Waals surface area contributed by atoms with Crippen LogP contribution in [0, 0.1) is 5.82 Å². The maximum absolute atomic E-state index is 13.1. The van der Waals surface area contributed by atoms with Crippen LogP contribution in [-0.2, 0) is 10.0 Å². The van der Waals surface area contributed by atoms with Gasteiger partial charge >= 0.3 is 0 Å². The summed E-state index contributed by atoms with van der Waals surface area (Å²) < 4.78 is 40.6. The number of halogens is 1. The lowest BCUT2D eigenvalue weighted by atomic mass is 10.1. The molecule has 0 fully saturated rings. The highest BCUT2D eigenvalue weighted by Crippen LogP contribution is 2.21. The second-order valence-electron chi connectivity index (χ2n) is 6.21. The molecule has 1 unspecified atom stereocenters. The third-order valence-electron chi connectivity index (χ3n) is 4.19. The lowest BCUT2D eigenvalue weighted by molar-refractivity contribution is 0.0941. The number of para-hydroxylation sites is 1. The Morgan fingerprint density at radius 2 is 1.50 bits per heavy atom. The molecule has 0 aliphatic rings.